The van der Waals surface area contributed by atoms with Crippen molar-refractivity contribution >= 4 is 27.0 Å². The van der Waals surface area contributed by atoms with Crippen molar-refractivity contribution in [2.24, 2.45) is 5.14 Å². The lowest BCUT2D eigenvalue weighted by molar-refractivity contribution is 0.181. The Morgan fingerprint density at radius 2 is 1.91 bits per heavy atom. The van der Waals surface area contributed by atoms with E-state index in [2.05, 4.69) is 22.6 Å². The van der Waals surface area contributed by atoms with Crippen molar-refractivity contribution in [1.82, 2.24) is 15.2 Å². The Balaban J connectivity index is 1.28. The number of ether oxygens (including phenoxy) is 1. The number of likely N-dealkylation sites (tertiary alicyclic amines) is 1. The number of hydrogen-bond donors (Lipinski definition) is 3. The van der Waals surface area contributed by atoms with Crippen molar-refractivity contribution in [3.8, 4) is 5.75 Å². The third-order valence-electron chi connectivity index (χ3n) is 6.08. The minimum Gasteiger partial charge on any atom is -0.497 e. The normalized spacial score (nSPS) is 15.1. The monoisotopic (exact) mass is 456 g/mol. The number of sulfonamides is 1. The Kier molecular flexibility index (Phi) is 6.38. The molecule has 0 unspecified atom stereocenters. The van der Waals surface area contributed by atoms with Gasteiger partial charge in [-0.05, 0) is 66.6 Å². The largest absolute Gasteiger partial charge is 0.497 e. The maximum Gasteiger partial charge on any atom is 0.317 e. The Labute approximate surface area is 187 Å². The number of urea groups is 1. The van der Waals surface area contributed by atoms with E-state index in [-0.39, 0.29) is 10.9 Å². The molecule has 32 heavy (non-hydrogen) atoms. The summed E-state index contributed by atoms with van der Waals surface area (Å²) in [6, 6.07) is 12.4. The lowest BCUT2D eigenvalue weighted by atomic mass is 9.89. The highest BCUT2D eigenvalue weighted by atomic mass is 32.2. The molecule has 3 aromatic rings. The number of carbonyl (C=O) groups is 1. The Hall–Kier alpha value is -3.04. The van der Waals surface area contributed by atoms with Crippen LogP contribution in [0.4, 0.5) is 4.79 Å². The molecule has 4 rings (SSSR count). The molecule has 2 aromatic carbocycles. The molecule has 8 nitrogen and oxygen atoms in total. The van der Waals surface area contributed by atoms with Crippen molar-refractivity contribution in [3.05, 3.63) is 59.8 Å². The SMILES string of the molecule is COc1ccc2[nH]cc(C3CCN(C(=O)NCCc4ccc(S(N)(=O)=O)cc4)CC3)c2c1. The summed E-state index contributed by atoms with van der Waals surface area (Å²) in [6.45, 7) is 1.89. The average Bonchev–Trinajstić information content (AvgIpc) is 3.22. The highest BCUT2D eigenvalue weighted by molar-refractivity contribution is 7.89. The van der Waals surface area contributed by atoms with Crippen molar-refractivity contribution in [2.45, 2.75) is 30.1 Å². The van der Waals surface area contributed by atoms with E-state index in [0.717, 1.165) is 29.7 Å². The molecule has 9 heteroatoms. The van der Waals surface area contributed by atoms with E-state index in [9.17, 15) is 13.2 Å². The first-order valence-electron chi connectivity index (χ1n) is 10.6. The average molecular weight is 457 g/mol. The van der Waals surface area contributed by atoms with Gasteiger partial charge >= 0.3 is 6.03 Å². The molecular formula is C23H28N4O4S. The van der Waals surface area contributed by atoms with Gasteiger partial charge in [0.25, 0.3) is 0 Å². The number of aromatic nitrogens is 1. The molecule has 0 aliphatic carbocycles. The zero-order valence-corrected chi connectivity index (χ0v) is 18.8. The maximum atomic E-state index is 12.6. The number of carbonyl (C=O) groups excluding carboxylic acids is 1. The number of aromatic amines is 1. The number of fused-ring (bicyclic) bond motifs is 1. The number of benzene rings is 2. The Morgan fingerprint density at radius 3 is 2.56 bits per heavy atom. The summed E-state index contributed by atoms with van der Waals surface area (Å²) in [5.74, 6) is 1.24. The highest BCUT2D eigenvalue weighted by Crippen LogP contribution is 2.34. The molecule has 1 aliphatic rings. The predicted molar refractivity (Wildman–Crippen MR) is 123 cm³/mol. The van der Waals surface area contributed by atoms with Gasteiger partial charge in [0.1, 0.15) is 5.75 Å². The second-order valence-corrected chi connectivity index (χ2v) is 9.65. The molecule has 1 fully saturated rings. The highest BCUT2D eigenvalue weighted by Gasteiger charge is 2.25. The molecule has 2 amide bonds. The molecule has 1 aromatic heterocycles. The number of methoxy groups -OCH3 is 1. The van der Waals surface area contributed by atoms with Gasteiger partial charge in [-0.3, -0.25) is 0 Å². The van der Waals surface area contributed by atoms with Crippen LogP contribution in [0.15, 0.2) is 53.6 Å². The van der Waals surface area contributed by atoms with Gasteiger partial charge in [-0.2, -0.15) is 0 Å². The van der Waals surface area contributed by atoms with Gasteiger partial charge in [-0.1, -0.05) is 12.1 Å². The first-order chi connectivity index (χ1) is 15.3. The van der Waals surface area contributed by atoms with Gasteiger partial charge in [0.15, 0.2) is 0 Å². The van der Waals surface area contributed by atoms with Crippen LogP contribution in [0, 0.1) is 0 Å². The van der Waals surface area contributed by atoms with E-state index in [1.807, 2.05) is 17.0 Å². The number of hydrogen-bond acceptors (Lipinski definition) is 4. The summed E-state index contributed by atoms with van der Waals surface area (Å²) in [7, 11) is -2.02. The second-order valence-electron chi connectivity index (χ2n) is 8.09. The van der Waals surface area contributed by atoms with Gasteiger partial charge in [-0.15, -0.1) is 0 Å². The van der Waals surface area contributed by atoms with Crippen LogP contribution in [0.25, 0.3) is 10.9 Å². The molecule has 1 saturated heterocycles. The fourth-order valence-corrected chi connectivity index (χ4v) is 4.77. The van der Waals surface area contributed by atoms with E-state index in [4.69, 9.17) is 9.88 Å². The van der Waals surface area contributed by atoms with Crippen LogP contribution in [0.3, 0.4) is 0 Å². The first-order valence-corrected chi connectivity index (χ1v) is 12.2. The summed E-state index contributed by atoms with van der Waals surface area (Å²) in [5.41, 5.74) is 3.31. The summed E-state index contributed by atoms with van der Waals surface area (Å²) in [6.07, 6.45) is 4.51. The molecule has 0 atom stereocenters. The fraction of sp³-hybridized carbons (Fsp3) is 0.348. The quantitative estimate of drug-likeness (QED) is 0.528. The lowest BCUT2D eigenvalue weighted by Crippen LogP contribution is -2.44. The van der Waals surface area contributed by atoms with Crippen LogP contribution in [-0.4, -0.2) is 51.1 Å². The third-order valence-corrected chi connectivity index (χ3v) is 7.01. The number of amides is 2. The molecule has 4 N–H and O–H groups in total. The van der Waals surface area contributed by atoms with Gasteiger partial charge in [0.05, 0.1) is 12.0 Å². The van der Waals surface area contributed by atoms with Crippen LogP contribution < -0.4 is 15.2 Å². The van der Waals surface area contributed by atoms with Gasteiger partial charge in [0, 0.05) is 36.7 Å². The van der Waals surface area contributed by atoms with Crippen LogP contribution in [0.2, 0.25) is 0 Å². The van der Waals surface area contributed by atoms with E-state index in [0.29, 0.717) is 32.0 Å². The third kappa shape index (κ3) is 4.89. The van der Waals surface area contributed by atoms with Crippen molar-refractivity contribution in [3.63, 3.8) is 0 Å². The first kappa shape index (κ1) is 22.2. The van der Waals surface area contributed by atoms with Crippen LogP contribution in [0.5, 0.6) is 5.75 Å². The van der Waals surface area contributed by atoms with Crippen LogP contribution >= 0.6 is 0 Å². The summed E-state index contributed by atoms with van der Waals surface area (Å²) >= 11 is 0. The molecular weight excluding hydrogens is 428 g/mol. The van der Waals surface area contributed by atoms with E-state index in [1.54, 1.807) is 19.2 Å². The topological polar surface area (TPSA) is 118 Å². The smallest absolute Gasteiger partial charge is 0.317 e. The van der Waals surface area contributed by atoms with Crippen molar-refractivity contribution < 1.29 is 17.9 Å². The zero-order valence-electron chi connectivity index (χ0n) is 18.0. The molecule has 1 aliphatic heterocycles. The van der Waals surface area contributed by atoms with E-state index < -0.39 is 10.0 Å². The lowest BCUT2D eigenvalue weighted by Gasteiger charge is -2.32. The summed E-state index contributed by atoms with van der Waals surface area (Å²) in [5, 5.41) is 9.26. The fourth-order valence-electron chi connectivity index (χ4n) is 4.25. The number of primary sulfonamides is 1. The minimum absolute atomic E-state index is 0.0646. The number of nitrogens with two attached hydrogens (primary N) is 1. The molecule has 170 valence electrons. The van der Waals surface area contributed by atoms with Crippen molar-refractivity contribution in [1.29, 1.82) is 0 Å². The van der Waals surface area contributed by atoms with Crippen molar-refractivity contribution in [2.75, 3.05) is 26.7 Å². The van der Waals surface area contributed by atoms with Gasteiger partial charge < -0.3 is 19.9 Å². The molecule has 0 spiro atoms. The number of H-pyrrole nitrogens is 1. The standard InChI is InChI=1S/C23H28N4O4S/c1-31-18-4-7-22-20(14-18)21(15-26-22)17-9-12-27(13-10-17)23(28)25-11-8-16-2-5-19(6-3-16)32(24,29)30/h2-7,14-15,17,26H,8-13H2,1H3,(H,25,28)(H2,24,29,30). The summed E-state index contributed by atoms with van der Waals surface area (Å²) in [4.78, 5) is 17.8. The molecule has 0 bridgehead atoms. The molecule has 0 radical (unpaired) electrons. The molecule has 0 saturated carbocycles. The van der Waals surface area contributed by atoms with E-state index >= 15 is 0 Å². The number of rotatable bonds is 6. The van der Waals surface area contributed by atoms with Gasteiger partial charge in [0.2, 0.25) is 10.0 Å². The Bertz CT molecular complexity index is 1200. The Morgan fingerprint density at radius 1 is 1.19 bits per heavy atom. The number of piperidine rings is 1. The second kappa shape index (κ2) is 9.22. The van der Waals surface area contributed by atoms with E-state index in [1.165, 1.54) is 23.1 Å². The summed E-state index contributed by atoms with van der Waals surface area (Å²) < 4.78 is 28.0. The van der Waals surface area contributed by atoms with Gasteiger partial charge in [-0.25, -0.2) is 18.4 Å². The molecule has 2 heterocycles. The predicted octanol–water partition coefficient (Wildman–Crippen LogP) is 2.96. The minimum atomic E-state index is -3.69. The maximum absolute atomic E-state index is 12.6. The zero-order chi connectivity index (χ0) is 22.7. The van der Waals surface area contributed by atoms with Crippen LogP contribution in [0.1, 0.15) is 29.9 Å². The number of nitrogens with one attached hydrogen (secondary N) is 2. The van der Waals surface area contributed by atoms with Crippen LogP contribution in [-0.2, 0) is 16.4 Å². The number of nitrogens with zero attached hydrogens (tertiary/aromatic N) is 1.